The summed E-state index contributed by atoms with van der Waals surface area (Å²) in [4.78, 5) is 15.8. The van der Waals surface area contributed by atoms with Gasteiger partial charge in [-0.1, -0.05) is 56.2 Å². The van der Waals surface area contributed by atoms with Crippen LogP contribution in [-0.2, 0) is 11.3 Å². The summed E-state index contributed by atoms with van der Waals surface area (Å²) in [5.41, 5.74) is 5.21. The fraction of sp³-hybridized carbons (Fsp3) is 0.276. The molecule has 4 nitrogen and oxygen atoms in total. The van der Waals surface area contributed by atoms with Crippen LogP contribution in [-0.4, -0.2) is 19.5 Å². The maximum atomic E-state index is 13.6. The van der Waals surface area contributed by atoms with E-state index in [0.29, 0.717) is 24.5 Å². The monoisotopic (exact) mass is 563 g/mol. The number of hydrogen-bond donors (Lipinski definition) is 0. The molecule has 1 aliphatic heterocycles. The van der Waals surface area contributed by atoms with Crippen LogP contribution in [0.5, 0.6) is 11.5 Å². The third-order valence-corrected chi connectivity index (χ3v) is 7.39. The van der Waals surface area contributed by atoms with Crippen molar-refractivity contribution in [1.29, 1.82) is 0 Å². The van der Waals surface area contributed by atoms with E-state index in [1.807, 2.05) is 12.1 Å². The summed E-state index contributed by atoms with van der Waals surface area (Å²) in [6.45, 7) is 5.15. The lowest BCUT2D eigenvalue weighted by Crippen LogP contribution is -2.38. The van der Waals surface area contributed by atoms with E-state index in [-0.39, 0.29) is 17.8 Å². The number of halogens is 1. The zero-order valence-corrected chi connectivity index (χ0v) is 21.7. The quantitative estimate of drug-likeness (QED) is 0.266. The number of ether oxygens (including phenoxy) is 2. The van der Waals surface area contributed by atoms with Gasteiger partial charge in [-0.05, 0) is 68.0 Å². The number of terminal acetylenes is 1. The Labute approximate surface area is 214 Å². The van der Waals surface area contributed by atoms with Gasteiger partial charge >= 0.3 is 0 Å². The van der Waals surface area contributed by atoms with E-state index in [9.17, 15) is 4.79 Å². The summed E-state index contributed by atoms with van der Waals surface area (Å²) in [5.74, 6) is 3.92. The van der Waals surface area contributed by atoms with E-state index in [2.05, 4.69) is 83.7 Å². The van der Waals surface area contributed by atoms with Crippen molar-refractivity contribution in [3.8, 4) is 23.8 Å². The number of hydrogen-bond acceptors (Lipinski definition) is 4. The smallest absolute Gasteiger partial charge is 0.180 e. The minimum atomic E-state index is -0.0911. The summed E-state index contributed by atoms with van der Waals surface area (Å²) >= 11 is 2.24. The van der Waals surface area contributed by atoms with Gasteiger partial charge in [-0.25, -0.2) is 0 Å². The molecule has 3 aromatic rings. The van der Waals surface area contributed by atoms with Gasteiger partial charge in [0.15, 0.2) is 17.3 Å². The number of rotatable bonds is 4. The van der Waals surface area contributed by atoms with E-state index in [1.54, 1.807) is 7.11 Å². The molecule has 172 valence electrons. The number of anilines is 1. The summed E-state index contributed by atoms with van der Waals surface area (Å²) in [7, 11) is 1.62. The highest BCUT2D eigenvalue weighted by Crippen LogP contribution is 2.49. The van der Waals surface area contributed by atoms with Crippen molar-refractivity contribution < 1.29 is 14.3 Å². The van der Waals surface area contributed by atoms with Gasteiger partial charge in [-0.2, -0.15) is 0 Å². The fourth-order valence-electron chi connectivity index (χ4n) is 5.22. The third-order valence-electron chi connectivity index (χ3n) is 6.59. The molecule has 5 heteroatoms. The normalized spacial score (nSPS) is 16.7. The fourth-order valence-corrected chi connectivity index (χ4v) is 5.96. The minimum absolute atomic E-state index is 0.0911. The molecule has 0 saturated carbocycles. The lowest BCUT2D eigenvalue weighted by molar-refractivity contribution is -0.117. The Morgan fingerprint density at radius 1 is 1.15 bits per heavy atom. The molecule has 0 fully saturated rings. The Bertz CT molecular complexity index is 1400. The summed E-state index contributed by atoms with van der Waals surface area (Å²) < 4.78 is 12.3. The van der Waals surface area contributed by atoms with Gasteiger partial charge in [0.25, 0.3) is 0 Å². The number of carbonyl (C=O) groups excluding carboxylic acids is 1. The first-order valence-corrected chi connectivity index (χ1v) is 12.4. The predicted octanol–water partition coefficient (Wildman–Crippen LogP) is 6.59. The van der Waals surface area contributed by atoms with E-state index in [4.69, 9.17) is 15.9 Å². The van der Waals surface area contributed by atoms with Gasteiger partial charge in [0.05, 0.1) is 16.4 Å². The highest BCUT2D eigenvalue weighted by molar-refractivity contribution is 14.1. The second kappa shape index (κ2) is 8.66. The molecule has 0 saturated heterocycles. The standard InChI is InChI=1S/C29H26INO3/c1-5-12-34-28-23(30)13-20(14-25(28)33-4)31-17-19-11-10-18-8-6-7-9-21(18)26(19)22-15-29(2,3)16-24(32)27(22)31/h1,6-11,13-14H,12,15-17H2,2-4H3. The number of benzene rings is 3. The topological polar surface area (TPSA) is 38.8 Å². The first-order valence-electron chi connectivity index (χ1n) is 11.3. The number of Topliss-reactive ketones (excluding diaryl/α,β-unsaturated/α-hetero) is 1. The van der Waals surface area contributed by atoms with E-state index >= 15 is 0 Å². The Balaban J connectivity index is 1.73. The van der Waals surface area contributed by atoms with Crippen molar-refractivity contribution in [2.24, 2.45) is 5.41 Å². The van der Waals surface area contributed by atoms with Crippen LogP contribution >= 0.6 is 22.6 Å². The minimum Gasteiger partial charge on any atom is -0.493 e. The van der Waals surface area contributed by atoms with Crippen molar-refractivity contribution in [2.45, 2.75) is 33.2 Å². The van der Waals surface area contributed by atoms with Crippen molar-refractivity contribution in [3.05, 3.63) is 68.9 Å². The molecule has 0 aromatic heterocycles. The van der Waals surface area contributed by atoms with Gasteiger partial charge in [0.1, 0.15) is 6.61 Å². The van der Waals surface area contributed by atoms with Gasteiger partial charge in [-0.15, -0.1) is 6.42 Å². The predicted molar refractivity (Wildman–Crippen MR) is 145 cm³/mol. The molecule has 0 radical (unpaired) electrons. The van der Waals surface area contributed by atoms with Crippen LogP contribution in [0.4, 0.5) is 5.69 Å². The Kier molecular flexibility index (Phi) is 5.81. The maximum absolute atomic E-state index is 13.6. The molecule has 5 rings (SSSR count). The van der Waals surface area contributed by atoms with E-state index in [0.717, 1.165) is 26.9 Å². The number of methoxy groups -OCH3 is 1. The molecule has 0 atom stereocenters. The summed E-state index contributed by atoms with van der Waals surface area (Å²) in [6, 6.07) is 16.8. The SMILES string of the molecule is C#CCOc1c(I)cc(N2Cc3ccc4ccccc4c3C3=C2C(=O)CC(C)(C)C3)cc1OC. The molecule has 2 aliphatic rings. The van der Waals surface area contributed by atoms with Crippen LogP contribution in [0.3, 0.4) is 0 Å². The Hall–Kier alpha value is -2.98. The van der Waals surface area contributed by atoms with Crippen molar-refractivity contribution in [3.63, 3.8) is 0 Å². The largest absolute Gasteiger partial charge is 0.493 e. The highest BCUT2D eigenvalue weighted by Gasteiger charge is 2.40. The summed E-state index contributed by atoms with van der Waals surface area (Å²) in [6.07, 6.45) is 6.77. The highest BCUT2D eigenvalue weighted by atomic mass is 127. The second-order valence-electron chi connectivity index (χ2n) is 9.63. The Morgan fingerprint density at radius 3 is 2.71 bits per heavy atom. The Morgan fingerprint density at radius 2 is 1.94 bits per heavy atom. The second-order valence-corrected chi connectivity index (χ2v) is 10.8. The molecule has 3 aromatic carbocycles. The molecule has 1 aliphatic carbocycles. The lowest BCUT2D eigenvalue weighted by Gasteiger charge is -2.41. The van der Waals surface area contributed by atoms with Crippen LogP contribution in [0, 0.1) is 21.3 Å². The number of ketones is 1. The number of allylic oxidation sites excluding steroid dienone is 2. The molecule has 0 amide bonds. The molecule has 0 bridgehead atoms. The third kappa shape index (κ3) is 3.84. The lowest BCUT2D eigenvalue weighted by atomic mass is 9.71. The van der Waals surface area contributed by atoms with Crippen LogP contribution in [0.2, 0.25) is 0 Å². The number of nitrogens with zero attached hydrogens (tertiary/aromatic N) is 1. The summed E-state index contributed by atoms with van der Waals surface area (Å²) in [5, 5.41) is 2.41. The first kappa shape index (κ1) is 22.8. The van der Waals surface area contributed by atoms with Crippen molar-refractivity contribution in [1.82, 2.24) is 0 Å². The molecule has 1 heterocycles. The molecule has 34 heavy (non-hydrogen) atoms. The van der Waals surface area contributed by atoms with Gasteiger partial charge in [0.2, 0.25) is 0 Å². The zero-order chi connectivity index (χ0) is 24.0. The number of fused-ring (bicyclic) bond motifs is 4. The average molecular weight is 563 g/mol. The molecular weight excluding hydrogens is 537 g/mol. The van der Waals surface area contributed by atoms with Gasteiger partial charge < -0.3 is 14.4 Å². The van der Waals surface area contributed by atoms with Crippen LogP contribution < -0.4 is 14.4 Å². The van der Waals surface area contributed by atoms with Gasteiger partial charge in [-0.3, -0.25) is 4.79 Å². The number of carbonyl (C=O) groups is 1. The van der Waals surface area contributed by atoms with Crippen LogP contribution in [0.15, 0.2) is 54.2 Å². The zero-order valence-electron chi connectivity index (χ0n) is 19.6. The van der Waals surface area contributed by atoms with Crippen LogP contribution in [0.25, 0.3) is 16.3 Å². The van der Waals surface area contributed by atoms with Crippen LogP contribution in [0.1, 0.15) is 37.8 Å². The average Bonchev–Trinajstić information content (AvgIpc) is 2.81. The maximum Gasteiger partial charge on any atom is 0.180 e. The molecule has 0 N–H and O–H groups in total. The van der Waals surface area contributed by atoms with Crippen molar-refractivity contribution in [2.75, 3.05) is 18.6 Å². The van der Waals surface area contributed by atoms with E-state index < -0.39 is 0 Å². The molecule has 0 spiro atoms. The van der Waals surface area contributed by atoms with Crippen molar-refractivity contribution >= 4 is 50.4 Å². The first-order chi connectivity index (χ1) is 16.3. The van der Waals surface area contributed by atoms with Gasteiger partial charge in [0, 0.05) is 24.7 Å². The molecule has 0 unspecified atom stereocenters. The molecular formula is C29H26INO3. The van der Waals surface area contributed by atoms with E-state index in [1.165, 1.54) is 21.9 Å².